The highest BCUT2D eigenvalue weighted by Gasteiger charge is 2.27. The van der Waals surface area contributed by atoms with Crippen LogP contribution in [0.3, 0.4) is 0 Å². The molecule has 104 valence electrons. The Morgan fingerprint density at radius 1 is 1.25 bits per heavy atom. The highest BCUT2D eigenvalue weighted by Crippen LogP contribution is 2.32. The summed E-state index contributed by atoms with van der Waals surface area (Å²) in [4.78, 5) is 2.20. The first-order chi connectivity index (χ1) is 9.47. The van der Waals surface area contributed by atoms with Gasteiger partial charge in [-0.3, -0.25) is 4.68 Å². The van der Waals surface area contributed by atoms with Crippen LogP contribution >= 0.6 is 11.3 Å². The lowest BCUT2D eigenvalue weighted by atomic mass is 9.96. The molecule has 3 rings (SSSR count). The predicted octanol–water partition coefficient (Wildman–Crippen LogP) is 3.39. The van der Waals surface area contributed by atoms with Crippen molar-refractivity contribution in [1.82, 2.24) is 9.78 Å². The zero-order valence-corrected chi connectivity index (χ0v) is 12.7. The van der Waals surface area contributed by atoms with E-state index >= 15 is 0 Å². The van der Waals surface area contributed by atoms with E-state index < -0.39 is 5.60 Å². The summed E-state index contributed by atoms with van der Waals surface area (Å²) in [6.45, 7) is 3.92. The Morgan fingerprint density at radius 3 is 2.70 bits per heavy atom. The fraction of sp³-hybridized carbons (Fsp3) is 0.312. The second-order valence-electron chi connectivity index (χ2n) is 5.45. The lowest BCUT2D eigenvalue weighted by Crippen LogP contribution is -2.23. The Hall–Kier alpha value is -1.65. The van der Waals surface area contributed by atoms with Gasteiger partial charge in [0.05, 0.1) is 11.2 Å². The molecule has 0 bridgehead atoms. The molecule has 3 nitrogen and oxygen atoms in total. The molecule has 0 aliphatic rings. The molecular weight excluding hydrogens is 268 g/mol. The second-order valence-corrected chi connectivity index (χ2v) is 6.74. The zero-order chi connectivity index (χ0) is 14.3. The average Bonchev–Trinajstić information content (AvgIpc) is 2.96. The Labute approximate surface area is 122 Å². The number of nitrogens with zero attached hydrogens (tertiary/aromatic N) is 2. The number of rotatable bonds is 3. The van der Waals surface area contributed by atoms with Crippen molar-refractivity contribution < 1.29 is 5.11 Å². The molecule has 0 saturated carbocycles. The molecule has 1 aromatic carbocycles. The van der Waals surface area contributed by atoms with Crippen molar-refractivity contribution in [2.75, 3.05) is 0 Å². The van der Waals surface area contributed by atoms with Crippen LogP contribution < -0.4 is 0 Å². The minimum Gasteiger partial charge on any atom is -0.384 e. The van der Waals surface area contributed by atoms with Crippen molar-refractivity contribution in [3.05, 3.63) is 51.8 Å². The van der Waals surface area contributed by atoms with E-state index in [0.29, 0.717) is 6.42 Å². The first-order valence-corrected chi connectivity index (χ1v) is 7.49. The van der Waals surface area contributed by atoms with Crippen molar-refractivity contribution in [3.8, 4) is 0 Å². The van der Waals surface area contributed by atoms with Crippen molar-refractivity contribution in [1.29, 1.82) is 0 Å². The van der Waals surface area contributed by atoms with E-state index in [4.69, 9.17) is 0 Å². The summed E-state index contributed by atoms with van der Waals surface area (Å²) in [6, 6.07) is 12.2. The molecule has 0 amide bonds. The van der Waals surface area contributed by atoms with Crippen molar-refractivity contribution in [3.63, 3.8) is 0 Å². The van der Waals surface area contributed by atoms with Crippen LogP contribution in [0.15, 0.2) is 36.4 Å². The summed E-state index contributed by atoms with van der Waals surface area (Å²) in [5.74, 6) is 0. The van der Waals surface area contributed by atoms with E-state index in [1.54, 1.807) is 11.3 Å². The summed E-state index contributed by atoms with van der Waals surface area (Å²) < 4.78 is 1.88. The van der Waals surface area contributed by atoms with E-state index in [2.05, 4.69) is 24.2 Å². The Kier molecular flexibility index (Phi) is 3.15. The third-order valence-corrected chi connectivity index (χ3v) is 4.87. The highest BCUT2D eigenvalue weighted by molar-refractivity contribution is 7.12. The first kappa shape index (κ1) is 13.3. The van der Waals surface area contributed by atoms with Gasteiger partial charge in [-0.1, -0.05) is 18.2 Å². The number of fused-ring (bicyclic) bond motifs is 1. The minimum atomic E-state index is -0.879. The standard InChI is InChI=1S/C16H18N2OS/c1-11-8-9-15(20-11)16(2,19)10-13-12-6-4-5-7-14(12)18(3)17-13/h4-9,19H,10H2,1-3H3. The molecule has 0 radical (unpaired) electrons. The molecule has 1 unspecified atom stereocenters. The summed E-state index contributed by atoms with van der Waals surface area (Å²) in [5, 5.41) is 16.5. The first-order valence-electron chi connectivity index (χ1n) is 6.67. The predicted molar refractivity (Wildman–Crippen MR) is 83.0 cm³/mol. The fourth-order valence-electron chi connectivity index (χ4n) is 2.56. The lowest BCUT2D eigenvalue weighted by molar-refractivity contribution is 0.0606. The van der Waals surface area contributed by atoms with Gasteiger partial charge in [0.1, 0.15) is 5.60 Å². The van der Waals surface area contributed by atoms with Gasteiger partial charge < -0.3 is 5.11 Å². The van der Waals surface area contributed by atoms with Gasteiger partial charge in [0.15, 0.2) is 0 Å². The van der Waals surface area contributed by atoms with Crippen LogP contribution in [0.1, 0.15) is 22.4 Å². The molecule has 2 aromatic heterocycles. The molecule has 0 fully saturated rings. The van der Waals surface area contributed by atoms with Crippen molar-refractivity contribution >= 4 is 22.2 Å². The van der Waals surface area contributed by atoms with Gasteiger partial charge in [-0.25, -0.2) is 0 Å². The SMILES string of the molecule is Cc1ccc(C(C)(O)Cc2nn(C)c3ccccc23)s1. The molecule has 1 N–H and O–H groups in total. The van der Waals surface area contributed by atoms with Crippen LogP contribution in [0.2, 0.25) is 0 Å². The number of hydrogen-bond acceptors (Lipinski definition) is 3. The lowest BCUT2D eigenvalue weighted by Gasteiger charge is -2.20. The van der Waals surface area contributed by atoms with E-state index in [-0.39, 0.29) is 0 Å². The molecule has 2 heterocycles. The van der Waals surface area contributed by atoms with Crippen molar-refractivity contribution in [2.45, 2.75) is 25.9 Å². The minimum absolute atomic E-state index is 0.522. The topological polar surface area (TPSA) is 38.1 Å². The average molecular weight is 286 g/mol. The molecule has 3 aromatic rings. The molecule has 0 saturated heterocycles. The van der Waals surface area contributed by atoms with Gasteiger partial charge in [-0.2, -0.15) is 5.10 Å². The zero-order valence-electron chi connectivity index (χ0n) is 11.9. The number of benzene rings is 1. The maximum absolute atomic E-state index is 10.8. The Morgan fingerprint density at radius 2 is 2.00 bits per heavy atom. The third-order valence-electron chi connectivity index (χ3n) is 3.62. The largest absolute Gasteiger partial charge is 0.384 e. The molecular formula is C16H18N2OS. The van der Waals surface area contributed by atoms with Gasteiger partial charge in [0.25, 0.3) is 0 Å². The highest BCUT2D eigenvalue weighted by atomic mass is 32.1. The van der Waals surface area contributed by atoms with Gasteiger partial charge in [0, 0.05) is 28.6 Å². The number of thiophene rings is 1. The monoisotopic (exact) mass is 286 g/mol. The summed E-state index contributed by atoms with van der Waals surface area (Å²) in [6.07, 6.45) is 0.522. The van der Waals surface area contributed by atoms with Gasteiger partial charge in [0.2, 0.25) is 0 Å². The van der Waals surface area contributed by atoms with E-state index in [9.17, 15) is 5.11 Å². The quantitative estimate of drug-likeness (QED) is 0.801. The number of aromatic nitrogens is 2. The summed E-state index contributed by atoms with van der Waals surface area (Å²) in [5.41, 5.74) is 1.16. The summed E-state index contributed by atoms with van der Waals surface area (Å²) in [7, 11) is 1.94. The van der Waals surface area contributed by atoms with Crippen LogP contribution in [-0.4, -0.2) is 14.9 Å². The molecule has 4 heteroatoms. The number of hydrogen-bond donors (Lipinski definition) is 1. The molecule has 1 atom stereocenters. The number of aryl methyl sites for hydroxylation is 2. The Bertz CT molecular complexity index is 755. The molecule has 0 aliphatic carbocycles. The molecule has 20 heavy (non-hydrogen) atoms. The van der Waals surface area contributed by atoms with Crippen LogP contribution in [0.4, 0.5) is 0 Å². The normalized spacial score (nSPS) is 14.6. The van der Waals surface area contributed by atoms with Gasteiger partial charge in [-0.15, -0.1) is 11.3 Å². The van der Waals surface area contributed by atoms with Crippen LogP contribution in [-0.2, 0) is 19.1 Å². The maximum Gasteiger partial charge on any atom is 0.102 e. The van der Waals surface area contributed by atoms with Crippen LogP contribution in [0.5, 0.6) is 0 Å². The molecule has 0 spiro atoms. The van der Waals surface area contributed by atoms with Crippen molar-refractivity contribution in [2.24, 2.45) is 7.05 Å². The molecule has 0 aliphatic heterocycles. The van der Waals surface area contributed by atoms with Gasteiger partial charge >= 0.3 is 0 Å². The third kappa shape index (κ3) is 2.25. The maximum atomic E-state index is 10.8. The second kappa shape index (κ2) is 4.72. The number of para-hydroxylation sites is 1. The van der Waals surface area contributed by atoms with E-state index in [1.165, 1.54) is 4.88 Å². The summed E-state index contributed by atoms with van der Waals surface area (Å²) >= 11 is 1.64. The van der Waals surface area contributed by atoms with Gasteiger partial charge in [-0.05, 0) is 32.0 Å². The van der Waals surface area contributed by atoms with E-state index in [1.807, 2.05) is 42.9 Å². The fourth-order valence-corrected chi connectivity index (χ4v) is 3.47. The number of aliphatic hydroxyl groups is 1. The van der Waals surface area contributed by atoms with E-state index in [0.717, 1.165) is 21.5 Å². The Balaban J connectivity index is 2.00. The van der Waals surface area contributed by atoms with Crippen LogP contribution in [0.25, 0.3) is 10.9 Å². The van der Waals surface area contributed by atoms with Crippen LogP contribution in [0, 0.1) is 6.92 Å². The smallest absolute Gasteiger partial charge is 0.102 e.